The van der Waals surface area contributed by atoms with Crippen molar-refractivity contribution in [3.63, 3.8) is 0 Å². The van der Waals surface area contributed by atoms with E-state index < -0.39 is 17.2 Å². The van der Waals surface area contributed by atoms with Gasteiger partial charge in [-0.05, 0) is 30.2 Å². The molecule has 0 amide bonds. The Balaban J connectivity index is 2.10. The van der Waals surface area contributed by atoms with Gasteiger partial charge in [-0.3, -0.25) is 0 Å². The number of aliphatic hydroxyl groups is 1. The van der Waals surface area contributed by atoms with Crippen molar-refractivity contribution in [2.75, 3.05) is 0 Å². The molecule has 1 atom stereocenters. The van der Waals surface area contributed by atoms with Crippen molar-refractivity contribution in [2.45, 2.75) is 19.1 Å². The summed E-state index contributed by atoms with van der Waals surface area (Å²) >= 11 is 0. The smallest absolute Gasteiger partial charge is 0.137 e. The molecule has 1 unspecified atom stereocenters. The average Bonchev–Trinajstić information content (AvgIpc) is 3.07. The molecular formula is C19H17F2N3O. The molecule has 4 nitrogen and oxygen atoms in total. The Hall–Kier alpha value is -2.86. The number of benzene rings is 2. The van der Waals surface area contributed by atoms with Crippen molar-refractivity contribution in [1.29, 1.82) is 0 Å². The highest BCUT2D eigenvalue weighted by atomic mass is 19.1. The van der Waals surface area contributed by atoms with E-state index >= 15 is 0 Å². The van der Waals surface area contributed by atoms with Gasteiger partial charge in [-0.15, -0.1) is 0 Å². The summed E-state index contributed by atoms with van der Waals surface area (Å²) in [6.45, 7) is 5.80. The first-order chi connectivity index (χ1) is 11.9. The molecule has 0 spiro atoms. The van der Waals surface area contributed by atoms with Crippen LogP contribution < -0.4 is 0 Å². The van der Waals surface area contributed by atoms with Gasteiger partial charge in [0.15, 0.2) is 0 Å². The van der Waals surface area contributed by atoms with Gasteiger partial charge in [0.25, 0.3) is 0 Å². The van der Waals surface area contributed by atoms with E-state index in [1.165, 1.54) is 23.4 Å². The first-order valence-corrected chi connectivity index (χ1v) is 7.67. The molecule has 0 radical (unpaired) electrons. The standard InChI is InChI=1S/C19H17F2N3O/c1-13-3-5-15(6-4-13)14(2)19(25,10-24-12-22-11-23-24)17-8-7-16(20)9-18(17)21/h3-9,11-12,25H,2,10H2,1H3. The first-order valence-electron chi connectivity index (χ1n) is 7.67. The normalized spacial score (nSPS) is 13.4. The maximum atomic E-state index is 14.4. The summed E-state index contributed by atoms with van der Waals surface area (Å²) in [4.78, 5) is 3.84. The lowest BCUT2D eigenvalue weighted by molar-refractivity contribution is 0.0726. The lowest BCUT2D eigenvalue weighted by Crippen LogP contribution is -2.34. The fourth-order valence-corrected chi connectivity index (χ4v) is 2.71. The van der Waals surface area contributed by atoms with Gasteiger partial charge in [-0.2, -0.15) is 5.10 Å². The van der Waals surface area contributed by atoms with E-state index in [2.05, 4.69) is 16.7 Å². The van der Waals surface area contributed by atoms with Crippen molar-refractivity contribution in [3.05, 3.63) is 90.0 Å². The predicted octanol–water partition coefficient (Wildman–Crippen LogP) is 3.47. The Morgan fingerprint density at radius 3 is 2.52 bits per heavy atom. The Bertz CT molecular complexity index is 892. The van der Waals surface area contributed by atoms with Crippen LogP contribution in [0.15, 0.2) is 61.7 Å². The Morgan fingerprint density at radius 2 is 1.92 bits per heavy atom. The zero-order chi connectivity index (χ0) is 18.0. The number of aryl methyl sites for hydroxylation is 1. The fraction of sp³-hybridized carbons (Fsp3) is 0.158. The predicted molar refractivity (Wildman–Crippen MR) is 90.5 cm³/mol. The minimum absolute atomic E-state index is 0.0741. The molecule has 0 saturated heterocycles. The third-order valence-corrected chi connectivity index (χ3v) is 4.13. The van der Waals surface area contributed by atoms with Crippen LogP contribution in [0.1, 0.15) is 16.7 Å². The molecule has 1 N–H and O–H groups in total. The lowest BCUT2D eigenvalue weighted by Gasteiger charge is -2.31. The van der Waals surface area contributed by atoms with Crippen molar-refractivity contribution in [2.24, 2.45) is 0 Å². The highest BCUT2D eigenvalue weighted by molar-refractivity contribution is 5.72. The monoisotopic (exact) mass is 341 g/mol. The number of hydrogen-bond donors (Lipinski definition) is 1. The molecule has 0 bridgehead atoms. The second-order valence-electron chi connectivity index (χ2n) is 5.92. The Morgan fingerprint density at radius 1 is 1.20 bits per heavy atom. The van der Waals surface area contributed by atoms with E-state index in [-0.39, 0.29) is 17.7 Å². The highest BCUT2D eigenvalue weighted by Crippen LogP contribution is 2.38. The van der Waals surface area contributed by atoms with Gasteiger partial charge >= 0.3 is 0 Å². The summed E-state index contributed by atoms with van der Waals surface area (Å²) in [5, 5.41) is 15.3. The van der Waals surface area contributed by atoms with E-state index in [0.29, 0.717) is 5.56 Å². The molecule has 1 heterocycles. The van der Waals surface area contributed by atoms with Crippen molar-refractivity contribution in [1.82, 2.24) is 14.8 Å². The van der Waals surface area contributed by atoms with Crippen molar-refractivity contribution >= 4 is 5.57 Å². The minimum Gasteiger partial charge on any atom is -0.378 e. The van der Waals surface area contributed by atoms with E-state index in [0.717, 1.165) is 17.7 Å². The zero-order valence-electron chi connectivity index (χ0n) is 13.7. The SMILES string of the molecule is C=C(c1ccc(C)cc1)C(O)(Cn1cncn1)c1ccc(F)cc1F. The fourth-order valence-electron chi connectivity index (χ4n) is 2.71. The maximum absolute atomic E-state index is 14.4. The number of aromatic nitrogens is 3. The molecule has 0 aliphatic heterocycles. The summed E-state index contributed by atoms with van der Waals surface area (Å²) in [6, 6.07) is 10.4. The summed E-state index contributed by atoms with van der Waals surface area (Å²) in [5.41, 5.74) is 0.0885. The molecule has 1 aromatic heterocycles. The largest absolute Gasteiger partial charge is 0.378 e. The van der Waals surface area contributed by atoms with Gasteiger partial charge in [0.1, 0.15) is 29.9 Å². The van der Waals surface area contributed by atoms with Crippen LogP contribution in [0.5, 0.6) is 0 Å². The molecule has 0 aliphatic carbocycles. The lowest BCUT2D eigenvalue weighted by atomic mass is 9.82. The number of nitrogens with zero attached hydrogens (tertiary/aromatic N) is 3. The van der Waals surface area contributed by atoms with Crippen LogP contribution >= 0.6 is 0 Å². The Kier molecular flexibility index (Phi) is 4.46. The van der Waals surface area contributed by atoms with Crippen LogP contribution in [-0.4, -0.2) is 19.9 Å². The molecule has 25 heavy (non-hydrogen) atoms. The Labute approximate surface area is 144 Å². The van der Waals surface area contributed by atoms with Gasteiger partial charge in [0.2, 0.25) is 0 Å². The molecule has 0 fully saturated rings. The number of rotatable bonds is 5. The van der Waals surface area contributed by atoms with E-state index in [9.17, 15) is 13.9 Å². The maximum Gasteiger partial charge on any atom is 0.137 e. The minimum atomic E-state index is -1.82. The summed E-state index contributed by atoms with van der Waals surface area (Å²) in [7, 11) is 0. The summed E-state index contributed by atoms with van der Waals surface area (Å²) in [6.07, 6.45) is 2.73. The molecule has 2 aromatic carbocycles. The second-order valence-corrected chi connectivity index (χ2v) is 5.92. The summed E-state index contributed by atoms with van der Waals surface area (Å²) < 4.78 is 29.1. The van der Waals surface area contributed by atoms with E-state index in [1.54, 1.807) is 12.1 Å². The zero-order valence-corrected chi connectivity index (χ0v) is 13.7. The van der Waals surface area contributed by atoms with Gasteiger partial charge in [0.05, 0.1) is 6.54 Å². The third kappa shape index (κ3) is 3.34. The molecule has 128 valence electrons. The third-order valence-electron chi connectivity index (χ3n) is 4.13. The van der Waals surface area contributed by atoms with Crippen LogP contribution in [0, 0.1) is 18.6 Å². The average molecular weight is 341 g/mol. The van der Waals surface area contributed by atoms with Crippen LogP contribution in [0.25, 0.3) is 5.57 Å². The molecular weight excluding hydrogens is 324 g/mol. The van der Waals surface area contributed by atoms with Crippen molar-refractivity contribution in [3.8, 4) is 0 Å². The van der Waals surface area contributed by atoms with Gasteiger partial charge in [-0.25, -0.2) is 18.4 Å². The highest BCUT2D eigenvalue weighted by Gasteiger charge is 2.37. The van der Waals surface area contributed by atoms with Crippen LogP contribution in [0.4, 0.5) is 8.78 Å². The van der Waals surface area contributed by atoms with Crippen LogP contribution in [0.3, 0.4) is 0 Å². The van der Waals surface area contributed by atoms with E-state index in [1.807, 2.05) is 19.1 Å². The number of halogens is 2. The van der Waals surface area contributed by atoms with Crippen LogP contribution in [0.2, 0.25) is 0 Å². The second kappa shape index (κ2) is 6.57. The quantitative estimate of drug-likeness (QED) is 0.773. The molecule has 6 heteroatoms. The topological polar surface area (TPSA) is 50.9 Å². The van der Waals surface area contributed by atoms with Crippen LogP contribution in [-0.2, 0) is 12.1 Å². The summed E-state index contributed by atoms with van der Waals surface area (Å²) in [5.74, 6) is -1.57. The van der Waals surface area contributed by atoms with Gasteiger partial charge < -0.3 is 5.11 Å². The number of hydrogen-bond acceptors (Lipinski definition) is 3. The first kappa shape index (κ1) is 17.0. The van der Waals surface area contributed by atoms with Crippen molar-refractivity contribution < 1.29 is 13.9 Å². The van der Waals surface area contributed by atoms with E-state index in [4.69, 9.17) is 0 Å². The van der Waals surface area contributed by atoms with Gasteiger partial charge in [0, 0.05) is 11.6 Å². The van der Waals surface area contributed by atoms with Gasteiger partial charge in [-0.1, -0.05) is 36.4 Å². The molecule has 0 saturated carbocycles. The molecule has 3 rings (SSSR count). The molecule has 3 aromatic rings. The molecule has 0 aliphatic rings.